The molecule has 148 valence electrons. The van der Waals surface area contributed by atoms with Gasteiger partial charge in [0.15, 0.2) is 5.13 Å². The van der Waals surface area contributed by atoms with Gasteiger partial charge in [-0.1, -0.05) is 36.4 Å². The predicted octanol–water partition coefficient (Wildman–Crippen LogP) is 4.37. The van der Waals surface area contributed by atoms with E-state index in [1.807, 2.05) is 30.3 Å². The van der Waals surface area contributed by atoms with Gasteiger partial charge < -0.3 is 19.9 Å². The Morgan fingerprint density at radius 1 is 1.00 bits per heavy atom. The number of nitrogen functional groups attached to an aromatic ring is 1. The van der Waals surface area contributed by atoms with Crippen molar-refractivity contribution >= 4 is 16.5 Å². The topological polar surface area (TPSA) is 66.6 Å². The Morgan fingerprint density at radius 3 is 2.57 bits per heavy atom. The smallest absolute Gasteiger partial charge is 0.180 e. The molecule has 3 rings (SSSR count). The minimum Gasteiger partial charge on any atom is -0.497 e. The molecule has 0 aliphatic heterocycles. The molecular weight excluding hydrogens is 372 g/mol. The zero-order chi connectivity index (χ0) is 19.8. The van der Waals surface area contributed by atoms with Gasteiger partial charge in [0.05, 0.1) is 39.2 Å². The molecule has 28 heavy (non-hydrogen) atoms. The van der Waals surface area contributed by atoms with Gasteiger partial charge in [-0.25, -0.2) is 4.98 Å². The zero-order valence-electron chi connectivity index (χ0n) is 16.3. The van der Waals surface area contributed by atoms with Crippen LogP contribution in [0.1, 0.15) is 27.3 Å². The highest BCUT2D eigenvalue weighted by molar-refractivity contribution is 7.15. The first-order valence-corrected chi connectivity index (χ1v) is 10.0. The highest BCUT2D eigenvalue weighted by Gasteiger charge is 2.11. The van der Waals surface area contributed by atoms with Crippen molar-refractivity contribution in [3.8, 4) is 5.75 Å². The minimum absolute atomic E-state index is 0.431. The van der Waals surface area contributed by atoms with Crippen LogP contribution in [0.4, 0.5) is 5.13 Å². The monoisotopic (exact) mass is 398 g/mol. The van der Waals surface area contributed by atoms with Gasteiger partial charge in [0, 0.05) is 11.3 Å². The van der Waals surface area contributed by atoms with E-state index in [-0.39, 0.29) is 0 Å². The van der Waals surface area contributed by atoms with Crippen molar-refractivity contribution in [2.75, 3.05) is 26.1 Å². The Bertz CT molecular complexity index is 895. The lowest BCUT2D eigenvalue weighted by Gasteiger charge is -2.08. The summed E-state index contributed by atoms with van der Waals surface area (Å²) in [6.07, 6.45) is 0.758. The maximum Gasteiger partial charge on any atom is 0.180 e. The fraction of sp³-hybridized carbons (Fsp3) is 0.318. The van der Waals surface area contributed by atoms with Crippen molar-refractivity contribution in [1.82, 2.24) is 4.98 Å². The second kappa shape index (κ2) is 10.2. The van der Waals surface area contributed by atoms with E-state index in [1.54, 1.807) is 7.11 Å². The third-order valence-electron chi connectivity index (χ3n) is 4.42. The number of anilines is 1. The van der Waals surface area contributed by atoms with Crippen LogP contribution in [0.3, 0.4) is 0 Å². The molecule has 0 aliphatic rings. The summed E-state index contributed by atoms with van der Waals surface area (Å²) >= 11 is 1.50. The lowest BCUT2D eigenvalue weighted by Crippen LogP contribution is -2.06. The molecule has 0 unspecified atom stereocenters. The van der Waals surface area contributed by atoms with E-state index in [4.69, 9.17) is 19.9 Å². The number of methoxy groups -OCH3 is 1. The second-order valence-corrected chi connectivity index (χ2v) is 7.60. The van der Waals surface area contributed by atoms with E-state index in [2.05, 4.69) is 30.1 Å². The molecule has 5 nitrogen and oxygen atoms in total. The van der Waals surface area contributed by atoms with Crippen LogP contribution in [0.25, 0.3) is 0 Å². The van der Waals surface area contributed by atoms with E-state index in [1.165, 1.54) is 22.5 Å². The molecule has 0 fully saturated rings. The number of nitrogens with zero attached hydrogens (tertiary/aromatic N) is 1. The van der Waals surface area contributed by atoms with E-state index < -0.39 is 0 Å². The summed E-state index contributed by atoms with van der Waals surface area (Å²) in [4.78, 5) is 5.54. The molecule has 3 aromatic rings. The van der Waals surface area contributed by atoms with Gasteiger partial charge in [-0.2, -0.15) is 0 Å². The van der Waals surface area contributed by atoms with E-state index in [9.17, 15) is 0 Å². The molecular formula is C22H26N2O3S. The van der Waals surface area contributed by atoms with Gasteiger partial charge in [0.2, 0.25) is 0 Å². The summed E-state index contributed by atoms with van der Waals surface area (Å²) in [7, 11) is 1.67. The van der Waals surface area contributed by atoms with Crippen molar-refractivity contribution in [2.24, 2.45) is 0 Å². The van der Waals surface area contributed by atoms with Gasteiger partial charge in [0.1, 0.15) is 5.75 Å². The first-order chi connectivity index (χ1) is 13.7. The molecule has 6 heteroatoms. The molecule has 0 spiro atoms. The number of aryl methyl sites for hydroxylation is 1. The Morgan fingerprint density at radius 2 is 1.79 bits per heavy atom. The first kappa shape index (κ1) is 20.3. The van der Waals surface area contributed by atoms with Gasteiger partial charge in [-0.05, 0) is 35.7 Å². The highest BCUT2D eigenvalue weighted by atomic mass is 32.1. The van der Waals surface area contributed by atoms with E-state index in [0.29, 0.717) is 31.6 Å². The number of aromatic nitrogens is 1. The van der Waals surface area contributed by atoms with Crippen LogP contribution in [-0.4, -0.2) is 25.3 Å². The number of hydrogen-bond acceptors (Lipinski definition) is 6. The zero-order valence-corrected chi connectivity index (χ0v) is 17.1. The highest BCUT2D eigenvalue weighted by Crippen LogP contribution is 2.25. The van der Waals surface area contributed by atoms with Crippen molar-refractivity contribution in [1.29, 1.82) is 0 Å². The summed E-state index contributed by atoms with van der Waals surface area (Å²) in [5.41, 5.74) is 10.4. The summed E-state index contributed by atoms with van der Waals surface area (Å²) < 4.78 is 16.8. The van der Waals surface area contributed by atoms with Crippen LogP contribution in [0, 0.1) is 6.92 Å². The quantitative estimate of drug-likeness (QED) is 0.514. The molecule has 1 heterocycles. The number of thiazole rings is 1. The van der Waals surface area contributed by atoms with Crippen LogP contribution < -0.4 is 10.5 Å². The van der Waals surface area contributed by atoms with Crippen molar-refractivity contribution in [3.05, 3.63) is 75.8 Å². The normalized spacial score (nSPS) is 10.9. The van der Waals surface area contributed by atoms with Crippen LogP contribution in [0.2, 0.25) is 0 Å². The number of benzene rings is 2. The van der Waals surface area contributed by atoms with Gasteiger partial charge >= 0.3 is 0 Å². The molecule has 0 bridgehead atoms. The Hall–Kier alpha value is -2.41. The van der Waals surface area contributed by atoms with Crippen LogP contribution in [0.5, 0.6) is 5.75 Å². The molecule has 1 aromatic heterocycles. The Labute approximate surface area is 170 Å². The fourth-order valence-corrected chi connectivity index (χ4v) is 3.73. The maximum atomic E-state index is 5.92. The fourth-order valence-electron chi connectivity index (χ4n) is 2.86. The van der Waals surface area contributed by atoms with Crippen LogP contribution >= 0.6 is 11.3 Å². The average molecular weight is 399 g/mol. The largest absolute Gasteiger partial charge is 0.497 e. The molecule has 0 aliphatic carbocycles. The third kappa shape index (κ3) is 5.79. The molecule has 2 aromatic carbocycles. The van der Waals surface area contributed by atoms with Crippen LogP contribution in [0.15, 0.2) is 48.5 Å². The maximum absolute atomic E-state index is 5.92. The Balaban J connectivity index is 1.46. The predicted molar refractivity (Wildman–Crippen MR) is 113 cm³/mol. The molecule has 0 radical (unpaired) electrons. The number of rotatable bonds is 10. The summed E-state index contributed by atoms with van der Waals surface area (Å²) in [6.45, 7) is 4.17. The molecule has 2 N–H and O–H groups in total. The van der Waals surface area contributed by atoms with Gasteiger partial charge in [-0.3, -0.25) is 0 Å². The minimum atomic E-state index is 0.431. The molecule has 0 amide bonds. The SMILES string of the molecule is COc1cccc(Cc2sc(N)nc2COCCOCc2ccccc2C)c1. The van der Waals surface area contributed by atoms with Crippen LogP contribution in [-0.2, 0) is 29.1 Å². The Kier molecular flexibility index (Phi) is 7.42. The third-order valence-corrected chi connectivity index (χ3v) is 5.35. The van der Waals surface area contributed by atoms with Crippen molar-refractivity contribution in [2.45, 2.75) is 26.6 Å². The van der Waals surface area contributed by atoms with Crippen molar-refractivity contribution in [3.63, 3.8) is 0 Å². The van der Waals surface area contributed by atoms with Crippen molar-refractivity contribution < 1.29 is 14.2 Å². The lowest BCUT2D eigenvalue weighted by molar-refractivity contribution is 0.0327. The molecule has 0 atom stereocenters. The number of ether oxygens (including phenoxy) is 3. The van der Waals surface area contributed by atoms with Gasteiger partial charge in [0.25, 0.3) is 0 Å². The standard InChI is InChI=1S/C22H26N2O3S/c1-16-6-3-4-8-18(16)14-26-10-11-27-15-20-21(28-22(23)24-20)13-17-7-5-9-19(12-17)25-2/h3-9,12H,10-11,13-15H2,1-2H3,(H2,23,24). The van der Waals surface area contributed by atoms with Gasteiger partial charge in [-0.15, -0.1) is 11.3 Å². The number of hydrogen-bond donors (Lipinski definition) is 1. The lowest BCUT2D eigenvalue weighted by atomic mass is 10.1. The van der Waals surface area contributed by atoms with E-state index in [0.717, 1.165) is 28.3 Å². The van der Waals surface area contributed by atoms with E-state index >= 15 is 0 Å². The molecule has 0 saturated heterocycles. The summed E-state index contributed by atoms with van der Waals surface area (Å²) in [5, 5.41) is 0.562. The number of nitrogens with two attached hydrogens (primary N) is 1. The summed E-state index contributed by atoms with van der Waals surface area (Å²) in [6, 6.07) is 16.3. The average Bonchev–Trinajstić information content (AvgIpc) is 3.05. The first-order valence-electron chi connectivity index (χ1n) is 9.22. The summed E-state index contributed by atoms with van der Waals surface area (Å²) in [5.74, 6) is 0.846. The molecule has 0 saturated carbocycles. The second-order valence-electron chi connectivity index (χ2n) is 6.48.